The molecule has 0 radical (unpaired) electrons. The maximum atomic E-state index is 13.3. The first-order chi connectivity index (χ1) is 12.5. The maximum Gasteiger partial charge on any atom is 0.252 e. The molecule has 0 aliphatic heterocycles. The van der Waals surface area contributed by atoms with Gasteiger partial charge in [0.05, 0.1) is 7.11 Å². The molecule has 0 spiro atoms. The third-order valence-electron chi connectivity index (χ3n) is 5.27. The van der Waals surface area contributed by atoms with E-state index in [0.717, 1.165) is 24.0 Å². The highest BCUT2D eigenvalue weighted by Crippen LogP contribution is 2.34. The van der Waals surface area contributed by atoms with Gasteiger partial charge < -0.3 is 10.1 Å². The molecule has 1 fully saturated rings. The van der Waals surface area contributed by atoms with E-state index in [9.17, 15) is 9.59 Å². The number of rotatable bonds is 5. The minimum atomic E-state index is -0.819. The second-order valence-electron chi connectivity index (χ2n) is 7.07. The molecule has 0 bridgehead atoms. The summed E-state index contributed by atoms with van der Waals surface area (Å²) >= 11 is 0. The van der Waals surface area contributed by atoms with Crippen LogP contribution in [0.2, 0.25) is 0 Å². The number of methoxy groups -OCH3 is 1. The number of hydrogen-bond donors (Lipinski definition) is 1. The fourth-order valence-electron chi connectivity index (χ4n) is 3.82. The number of carbonyl (C=O) groups is 2. The SMILES string of the molecule is COc1cccc(C(=O)NC2(C(=O)c3cccc(C)c3)CCCC2)c1C. The summed E-state index contributed by atoms with van der Waals surface area (Å²) in [7, 11) is 1.59. The van der Waals surface area contributed by atoms with Crippen molar-refractivity contribution >= 4 is 11.7 Å². The summed E-state index contributed by atoms with van der Waals surface area (Å²) in [5, 5.41) is 3.07. The minimum absolute atomic E-state index is 0.00704. The summed E-state index contributed by atoms with van der Waals surface area (Å²) < 4.78 is 5.31. The summed E-state index contributed by atoms with van der Waals surface area (Å²) in [4.78, 5) is 26.2. The van der Waals surface area contributed by atoms with Crippen LogP contribution in [0.4, 0.5) is 0 Å². The van der Waals surface area contributed by atoms with E-state index in [1.54, 1.807) is 19.2 Å². The van der Waals surface area contributed by atoms with E-state index in [2.05, 4.69) is 5.32 Å². The average molecular weight is 351 g/mol. The van der Waals surface area contributed by atoms with Gasteiger partial charge in [0.2, 0.25) is 0 Å². The van der Waals surface area contributed by atoms with Crippen molar-refractivity contribution in [3.05, 3.63) is 64.7 Å². The molecule has 1 aliphatic rings. The lowest BCUT2D eigenvalue weighted by atomic mass is 9.86. The molecule has 1 saturated carbocycles. The van der Waals surface area contributed by atoms with E-state index >= 15 is 0 Å². The second-order valence-corrected chi connectivity index (χ2v) is 7.07. The molecule has 0 unspecified atom stereocenters. The Morgan fingerprint density at radius 3 is 2.38 bits per heavy atom. The van der Waals surface area contributed by atoms with Crippen LogP contribution in [-0.4, -0.2) is 24.3 Å². The standard InChI is InChI=1S/C22H25NO3/c1-15-8-6-9-17(14-15)20(24)22(12-4-5-13-22)23-21(25)18-10-7-11-19(26-3)16(18)2/h6-11,14H,4-5,12-13H2,1-3H3,(H,23,25). The number of Topliss-reactive ketones (excluding diaryl/α,β-unsaturated/α-hetero) is 1. The van der Waals surface area contributed by atoms with Gasteiger partial charge in [0.1, 0.15) is 11.3 Å². The Labute approximate surface area is 154 Å². The van der Waals surface area contributed by atoms with Crippen molar-refractivity contribution in [2.24, 2.45) is 0 Å². The first-order valence-electron chi connectivity index (χ1n) is 9.04. The smallest absolute Gasteiger partial charge is 0.252 e. The Hall–Kier alpha value is -2.62. The summed E-state index contributed by atoms with van der Waals surface area (Å²) in [5.74, 6) is 0.458. The molecular formula is C22H25NO3. The number of benzene rings is 2. The Bertz CT molecular complexity index is 835. The van der Waals surface area contributed by atoms with Gasteiger partial charge in [-0.1, -0.05) is 42.7 Å². The molecule has 0 saturated heterocycles. The van der Waals surface area contributed by atoms with Gasteiger partial charge in [-0.2, -0.15) is 0 Å². The number of nitrogens with one attached hydrogen (secondary N) is 1. The highest BCUT2D eigenvalue weighted by atomic mass is 16.5. The molecule has 3 rings (SSSR count). The van der Waals surface area contributed by atoms with Crippen LogP contribution in [0.1, 0.15) is 57.5 Å². The molecule has 0 aromatic heterocycles. The molecular weight excluding hydrogens is 326 g/mol. The molecule has 2 aromatic carbocycles. The number of amides is 1. The van der Waals surface area contributed by atoms with Crippen LogP contribution >= 0.6 is 0 Å². The molecule has 2 aromatic rings. The average Bonchev–Trinajstić information content (AvgIpc) is 3.10. The number of aryl methyl sites for hydroxylation is 1. The van der Waals surface area contributed by atoms with Gasteiger partial charge in [-0.05, 0) is 44.9 Å². The monoisotopic (exact) mass is 351 g/mol. The maximum absolute atomic E-state index is 13.3. The molecule has 4 nitrogen and oxygen atoms in total. The van der Waals surface area contributed by atoms with Gasteiger partial charge in [0.15, 0.2) is 5.78 Å². The van der Waals surface area contributed by atoms with E-state index in [1.165, 1.54) is 0 Å². The van der Waals surface area contributed by atoms with Crippen LogP contribution in [-0.2, 0) is 0 Å². The fraction of sp³-hybridized carbons (Fsp3) is 0.364. The fourth-order valence-corrected chi connectivity index (χ4v) is 3.82. The minimum Gasteiger partial charge on any atom is -0.496 e. The molecule has 0 atom stereocenters. The van der Waals surface area contributed by atoms with E-state index < -0.39 is 5.54 Å². The lowest BCUT2D eigenvalue weighted by Gasteiger charge is -2.29. The van der Waals surface area contributed by atoms with E-state index in [1.807, 2.05) is 44.2 Å². The van der Waals surface area contributed by atoms with Gasteiger partial charge in [-0.25, -0.2) is 0 Å². The Morgan fingerprint density at radius 2 is 1.73 bits per heavy atom. The van der Waals surface area contributed by atoms with Crippen molar-refractivity contribution in [2.75, 3.05) is 7.11 Å². The third kappa shape index (κ3) is 3.36. The number of ketones is 1. The quantitative estimate of drug-likeness (QED) is 0.820. The Kier molecular flexibility index (Phi) is 5.12. The third-order valence-corrected chi connectivity index (χ3v) is 5.27. The van der Waals surface area contributed by atoms with Crippen LogP contribution in [0.5, 0.6) is 5.75 Å². The van der Waals surface area contributed by atoms with Crippen LogP contribution in [0.25, 0.3) is 0 Å². The molecule has 1 aliphatic carbocycles. The molecule has 136 valence electrons. The zero-order valence-corrected chi connectivity index (χ0v) is 15.6. The van der Waals surface area contributed by atoms with Gasteiger partial charge in [0, 0.05) is 16.7 Å². The second kappa shape index (κ2) is 7.32. The van der Waals surface area contributed by atoms with Crippen LogP contribution in [0, 0.1) is 13.8 Å². The highest BCUT2D eigenvalue weighted by Gasteiger charge is 2.43. The van der Waals surface area contributed by atoms with Crippen molar-refractivity contribution in [1.29, 1.82) is 0 Å². The van der Waals surface area contributed by atoms with E-state index in [0.29, 0.717) is 29.7 Å². The summed E-state index contributed by atoms with van der Waals surface area (Å²) in [5.41, 5.74) is 2.21. The normalized spacial score (nSPS) is 15.5. The van der Waals surface area contributed by atoms with Crippen molar-refractivity contribution in [1.82, 2.24) is 5.32 Å². The highest BCUT2D eigenvalue weighted by molar-refractivity contribution is 6.07. The van der Waals surface area contributed by atoms with Crippen LogP contribution < -0.4 is 10.1 Å². The topological polar surface area (TPSA) is 55.4 Å². The summed E-state index contributed by atoms with van der Waals surface area (Å²) in [6.45, 7) is 3.83. The number of ether oxygens (including phenoxy) is 1. The zero-order chi connectivity index (χ0) is 18.7. The summed E-state index contributed by atoms with van der Waals surface area (Å²) in [6, 6.07) is 13.0. The predicted molar refractivity (Wildman–Crippen MR) is 102 cm³/mol. The van der Waals surface area contributed by atoms with Crippen molar-refractivity contribution in [3.63, 3.8) is 0 Å². The molecule has 26 heavy (non-hydrogen) atoms. The lowest BCUT2D eigenvalue weighted by Crippen LogP contribution is -2.52. The summed E-state index contributed by atoms with van der Waals surface area (Å²) in [6.07, 6.45) is 3.23. The number of carbonyl (C=O) groups excluding carboxylic acids is 2. The predicted octanol–water partition coefficient (Wildman–Crippen LogP) is 4.24. The lowest BCUT2D eigenvalue weighted by molar-refractivity contribution is 0.0769. The van der Waals surface area contributed by atoms with Crippen molar-refractivity contribution in [3.8, 4) is 5.75 Å². The first-order valence-corrected chi connectivity index (χ1v) is 9.04. The largest absolute Gasteiger partial charge is 0.496 e. The van der Waals surface area contributed by atoms with Gasteiger partial charge in [-0.3, -0.25) is 9.59 Å². The molecule has 1 N–H and O–H groups in total. The zero-order valence-electron chi connectivity index (χ0n) is 15.6. The molecule has 4 heteroatoms. The van der Waals surface area contributed by atoms with Gasteiger partial charge in [-0.15, -0.1) is 0 Å². The van der Waals surface area contributed by atoms with Crippen LogP contribution in [0.15, 0.2) is 42.5 Å². The van der Waals surface area contributed by atoms with Crippen LogP contribution in [0.3, 0.4) is 0 Å². The van der Waals surface area contributed by atoms with E-state index in [-0.39, 0.29) is 11.7 Å². The first kappa shape index (κ1) is 18.2. The van der Waals surface area contributed by atoms with Gasteiger partial charge in [0.25, 0.3) is 5.91 Å². The van der Waals surface area contributed by atoms with Crippen molar-refractivity contribution < 1.29 is 14.3 Å². The van der Waals surface area contributed by atoms with Crippen molar-refractivity contribution in [2.45, 2.75) is 45.1 Å². The number of hydrogen-bond acceptors (Lipinski definition) is 3. The van der Waals surface area contributed by atoms with Gasteiger partial charge >= 0.3 is 0 Å². The molecule has 0 heterocycles. The molecule has 1 amide bonds. The van der Waals surface area contributed by atoms with E-state index in [4.69, 9.17) is 4.74 Å². The Morgan fingerprint density at radius 1 is 1.04 bits per heavy atom. The Balaban J connectivity index is 1.91.